The molecule has 1 amide bonds. The molecule has 0 fully saturated rings. The second-order valence-corrected chi connectivity index (χ2v) is 10.4. The summed E-state index contributed by atoms with van der Waals surface area (Å²) in [6.07, 6.45) is 4.03. The number of ketones is 1. The van der Waals surface area contributed by atoms with Gasteiger partial charge in [-0.15, -0.1) is 0 Å². The van der Waals surface area contributed by atoms with Crippen molar-refractivity contribution in [1.29, 1.82) is 0 Å². The summed E-state index contributed by atoms with van der Waals surface area (Å²) in [7, 11) is 1.63. The third kappa shape index (κ3) is 6.04. The maximum absolute atomic E-state index is 13.2. The van der Waals surface area contributed by atoms with Crippen LogP contribution in [0.1, 0.15) is 51.3 Å². The summed E-state index contributed by atoms with van der Waals surface area (Å²) in [5.41, 5.74) is 5.12. The Morgan fingerprint density at radius 2 is 1.70 bits per heavy atom. The number of carbonyl (C=O) groups excluding carboxylic acids is 2. The number of aryl methyl sites for hydroxylation is 1. The van der Waals surface area contributed by atoms with Crippen molar-refractivity contribution in [2.75, 3.05) is 12.4 Å². The van der Waals surface area contributed by atoms with Crippen LogP contribution in [-0.4, -0.2) is 29.3 Å². The summed E-state index contributed by atoms with van der Waals surface area (Å²) in [5, 5.41) is 6.36. The summed E-state index contributed by atoms with van der Waals surface area (Å²) in [6, 6.07) is 23.6. The highest BCUT2D eigenvalue weighted by atomic mass is 16.5. The number of nitrogens with one attached hydrogen (secondary N) is 2. The Labute approximate surface area is 233 Å². The van der Waals surface area contributed by atoms with Gasteiger partial charge in [0.15, 0.2) is 5.78 Å². The van der Waals surface area contributed by atoms with Crippen LogP contribution in [0.2, 0.25) is 0 Å². The van der Waals surface area contributed by atoms with Gasteiger partial charge in [-0.2, -0.15) is 0 Å². The van der Waals surface area contributed by atoms with E-state index < -0.39 is 0 Å². The Morgan fingerprint density at radius 3 is 2.42 bits per heavy atom. The first-order chi connectivity index (χ1) is 19.2. The molecular formula is C33H31N3O4. The van der Waals surface area contributed by atoms with Crippen LogP contribution in [0.15, 0.2) is 91.1 Å². The van der Waals surface area contributed by atoms with Gasteiger partial charge >= 0.3 is 0 Å². The summed E-state index contributed by atoms with van der Waals surface area (Å²) < 4.78 is 11.3. The Bertz CT molecular complexity index is 1590. The number of fused-ring (bicyclic) bond motifs is 1. The van der Waals surface area contributed by atoms with Gasteiger partial charge in [0.2, 0.25) is 5.88 Å². The number of anilines is 1. The summed E-state index contributed by atoms with van der Waals surface area (Å²) >= 11 is 0. The Kier molecular flexibility index (Phi) is 7.38. The molecule has 0 atom stereocenters. The lowest BCUT2D eigenvalue weighted by Gasteiger charge is -2.35. The second-order valence-electron chi connectivity index (χ2n) is 10.4. The molecule has 1 aromatic heterocycles. The Hall–Kier alpha value is -4.91. The highest BCUT2D eigenvalue weighted by molar-refractivity contribution is 6.09. The molecule has 0 radical (unpaired) electrons. The zero-order chi connectivity index (χ0) is 28.3. The van der Waals surface area contributed by atoms with E-state index in [0.717, 1.165) is 34.6 Å². The maximum Gasteiger partial charge on any atom is 0.261 e. The first-order valence-corrected chi connectivity index (χ1v) is 13.0. The van der Waals surface area contributed by atoms with Gasteiger partial charge in [-0.3, -0.25) is 9.59 Å². The van der Waals surface area contributed by atoms with Crippen LogP contribution < -0.4 is 20.1 Å². The van der Waals surface area contributed by atoms with Crippen LogP contribution in [0.5, 0.6) is 17.4 Å². The first-order valence-electron chi connectivity index (χ1n) is 13.0. The summed E-state index contributed by atoms with van der Waals surface area (Å²) in [4.78, 5) is 30.5. The van der Waals surface area contributed by atoms with Crippen molar-refractivity contribution in [3.8, 4) is 17.4 Å². The summed E-state index contributed by atoms with van der Waals surface area (Å²) in [5.74, 6) is 1.03. The SMILES string of the molecule is COc1ccc2c(c1)C(=CC(=O)c1ccc(NC(=O)c3cccnc3Oc3ccc(C)cc3)cc1)NC(C)(C)C2. The van der Waals surface area contributed by atoms with Crippen molar-refractivity contribution < 1.29 is 19.1 Å². The van der Waals surface area contributed by atoms with E-state index in [4.69, 9.17) is 9.47 Å². The first kappa shape index (κ1) is 26.7. The molecule has 40 heavy (non-hydrogen) atoms. The van der Waals surface area contributed by atoms with Crippen molar-refractivity contribution in [1.82, 2.24) is 10.3 Å². The Morgan fingerprint density at radius 1 is 0.975 bits per heavy atom. The number of amides is 1. The van der Waals surface area contributed by atoms with E-state index in [1.807, 2.05) is 49.4 Å². The van der Waals surface area contributed by atoms with Crippen molar-refractivity contribution in [2.24, 2.45) is 0 Å². The standard InChI is InChI=1S/C33H31N3O4/c1-21-7-14-25(15-8-21)40-32-27(6-5-17-34-32)31(38)35-24-12-9-22(10-13-24)30(37)19-29-28-18-26(39-4)16-11-23(28)20-33(2,3)36-29/h5-19,36H,20H2,1-4H3,(H,35,38). The lowest BCUT2D eigenvalue weighted by atomic mass is 9.85. The average molecular weight is 534 g/mol. The molecule has 5 rings (SSSR count). The molecule has 7 nitrogen and oxygen atoms in total. The molecule has 0 saturated carbocycles. The van der Waals surface area contributed by atoms with E-state index in [2.05, 4.69) is 29.5 Å². The zero-order valence-electron chi connectivity index (χ0n) is 22.9. The van der Waals surface area contributed by atoms with E-state index in [9.17, 15) is 9.59 Å². The molecule has 1 aliphatic heterocycles. The number of rotatable bonds is 7. The van der Waals surface area contributed by atoms with Gasteiger partial charge in [-0.25, -0.2) is 4.98 Å². The molecule has 0 bridgehead atoms. The van der Waals surface area contributed by atoms with E-state index in [1.165, 1.54) is 0 Å². The van der Waals surface area contributed by atoms with Crippen LogP contribution in [0.25, 0.3) is 5.70 Å². The molecule has 0 saturated heterocycles. The fraction of sp³-hybridized carbons (Fsp3) is 0.182. The summed E-state index contributed by atoms with van der Waals surface area (Å²) in [6.45, 7) is 6.20. The lowest BCUT2D eigenvalue weighted by Crippen LogP contribution is -2.43. The molecule has 0 spiro atoms. The number of carbonyl (C=O) groups is 2. The fourth-order valence-electron chi connectivity index (χ4n) is 4.65. The molecule has 0 unspecified atom stereocenters. The number of pyridine rings is 1. The fourth-order valence-corrected chi connectivity index (χ4v) is 4.65. The molecule has 7 heteroatoms. The number of methoxy groups -OCH3 is 1. The van der Waals surface area contributed by atoms with Crippen molar-refractivity contribution in [2.45, 2.75) is 32.7 Å². The van der Waals surface area contributed by atoms with Crippen molar-refractivity contribution in [3.63, 3.8) is 0 Å². The minimum absolute atomic E-state index is 0.145. The number of benzene rings is 3. The molecule has 2 heterocycles. The van der Waals surface area contributed by atoms with Gasteiger partial charge in [0.1, 0.15) is 17.1 Å². The van der Waals surface area contributed by atoms with Crippen LogP contribution >= 0.6 is 0 Å². The predicted molar refractivity (Wildman–Crippen MR) is 156 cm³/mol. The normalized spacial score (nSPS) is 14.6. The zero-order valence-corrected chi connectivity index (χ0v) is 22.9. The predicted octanol–water partition coefficient (Wildman–Crippen LogP) is 6.59. The van der Waals surface area contributed by atoms with Gasteiger partial charge in [0, 0.05) is 40.3 Å². The highest BCUT2D eigenvalue weighted by Gasteiger charge is 2.28. The van der Waals surface area contributed by atoms with Gasteiger partial charge in [0.25, 0.3) is 5.91 Å². The van der Waals surface area contributed by atoms with Crippen LogP contribution in [0.4, 0.5) is 5.69 Å². The molecular weight excluding hydrogens is 502 g/mol. The van der Waals surface area contributed by atoms with Gasteiger partial charge in [-0.1, -0.05) is 23.8 Å². The molecule has 2 N–H and O–H groups in total. The molecule has 1 aliphatic rings. The highest BCUT2D eigenvalue weighted by Crippen LogP contribution is 2.32. The number of allylic oxidation sites excluding steroid dienone is 1. The molecule has 4 aromatic rings. The van der Waals surface area contributed by atoms with Gasteiger partial charge in [0.05, 0.1) is 7.11 Å². The number of aromatic nitrogens is 1. The van der Waals surface area contributed by atoms with Crippen molar-refractivity contribution in [3.05, 3.63) is 119 Å². The lowest BCUT2D eigenvalue weighted by molar-refractivity contribution is 0.102. The van der Waals surface area contributed by atoms with Gasteiger partial charge < -0.3 is 20.1 Å². The number of hydrogen-bond donors (Lipinski definition) is 2. The molecule has 202 valence electrons. The Balaban J connectivity index is 1.32. The third-order valence-corrected chi connectivity index (χ3v) is 6.67. The number of ether oxygens (including phenoxy) is 2. The third-order valence-electron chi connectivity index (χ3n) is 6.67. The number of hydrogen-bond acceptors (Lipinski definition) is 6. The van der Waals surface area contributed by atoms with Crippen LogP contribution in [0, 0.1) is 6.92 Å². The van der Waals surface area contributed by atoms with E-state index in [1.54, 1.807) is 55.8 Å². The largest absolute Gasteiger partial charge is 0.497 e. The minimum atomic E-state index is -0.365. The van der Waals surface area contributed by atoms with Crippen LogP contribution in [0.3, 0.4) is 0 Å². The quantitative estimate of drug-likeness (QED) is 0.206. The second kappa shape index (κ2) is 11.1. The average Bonchev–Trinajstić information content (AvgIpc) is 2.94. The molecule has 3 aromatic carbocycles. The van der Waals surface area contributed by atoms with E-state index in [-0.39, 0.29) is 23.1 Å². The van der Waals surface area contributed by atoms with Crippen molar-refractivity contribution >= 4 is 23.1 Å². The number of nitrogens with zero attached hydrogens (tertiary/aromatic N) is 1. The van der Waals surface area contributed by atoms with Gasteiger partial charge in [-0.05, 0) is 93.4 Å². The maximum atomic E-state index is 13.2. The monoisotopic (exact) mass is 533 g/mol. The topological polar surface area (TPSA) is 89.5 Å². The smallest absolute Gasteiger partial charge is 0.261 e. The molecule has 0 aliphatic carbocycles. The van der Waals surface area contributed by atoms with Crippen LogP contribution in [-0.2, 0) is 6.42 Å². The van der Waals surface area contributed by atoms with E-state index >= 15 is 0 Å². The van der Waals surface area contributed by atoms with E-state index in [0.29, 0.717) is 22.6 Å². The minimum Gasteiger partial charge on any atom is -0.497 e.